The van der Waals surface area contributed by atoms with Crippen molar-refractivity contribution in [1.82, 2.24) is 15.2 Å². The molecule has 0 saturated heterocycles. The van der Waals surface area contributed by atoms with Crippen LogP contribution in [0.15, 0.2) is 83.3 Å². The molecular formula is C36H39F3N4O6. The summed E-state index contributed by atoms with van der Waals surface area (Å²) in [6.45, 7) is 8.45. The minimum atomic E-state index is -4.99. The lowest BCUT2D eigenvalue weighted by atomic mass is 9.97. The molecule has 49 heavy (non-hydrogen) atoms. The Hall–Kier alpha value is -4.75. The highest BCUT2D eigenvalue weighted by Crippen LogP contribution is 2.46. The van der Waals surface area contributed by atoms with E-state index in [1.165, 1.54) is 6.08 Å². The van der Waals surface area contributed by atoms with Crippen LogP contribution in [0.3, 0.4) is 0 Å². The van der Waals surface area contributed by atoms with Crippen LogP contribution in [0.1, 0.15) is 63.1 Å². The average molecular weight is 681 g/mol. The minimum Gasteiger partial charge on any atom is -0.472 e. The van der Waals surface area contributed by atoms with Crippen molar-refractivity contribution in [2.45, 2.75) is 90.3 Å². The van der Waals surface area contributed by atoms with E-state index in [1.54, 1.807) is 77.1 Å². The Kier molecular flexibility index (Phi) is 10.7. The van der Waals surface area contributed by atoms with Crippen molar-refractivity contribution in [2.75, 3.05) is 5.32 Å². The molecule has 3 atom stereocenters. The Balaban J connectivity index is 1.60. The highest BCUT2D eigenvalue weighted by molar-refractivity contribution is 5.89. The van der Waals surface area contributed by atoms with Crippen molar-refractivity contribution in [3.63, 3.8) is 0 Å². The standard InChI is InChI=1S/C36H39F3N4O6/c1-23-20-27(40-33(44)49-34(3,4)5)29-31-42-43-32(48-31)35(36(37,38)39,46-22-26-16-10-7-11-17-26)19-13-12-18-28(24(2)47-30(23)41-29)45-21-25-14-8-6-9-15-25/h6-17,20,24,28H,18-19,21-22H2,1-5H3,(H,40,44)/t24-,28?,35-/m1/s1. The molecule has 4 aromatic rings. The van der Waals surface area contributed by atoms with Crippen molar-refractivity contribution >= 4 is 11.8 Å². The van der Waals surface area contributed by atoms with E-state index in [0.717, 1.165) is 5.56 Å². The number of ether oxygens (including phenoxy) is 4. The zero-order valence-corrected chi connectivity index (χ0v) is 27.9. The van der Waals surface area contributed by atoms with Crippen LogP contribution in [0, 0.1) is 6.92 Å². The number of carbonyl (C=O) groups is 1. The summed E-state index contributed by atoms with van der Waals surface area (Å²) in [7, 11) is 0. The monoisotopic (exact) mass is 680 g/mol. The SMILES string of the molecule is Cc1cc(NC(=O)OC(C)(C)C)c2nc1O[C@H](C)C(OCc1ccccc1)CC=CC[C@](OCc1ccccc1)(C(F)(F)F)c1nnc-2o1. The van der Waals surface area contributed by atoms with Gasteiger partial charge in [0, 0.05) is 12.0 Å². The number of benzene rings is 2. The van der Waals surface area contributed by atoms with Crippen LogP contribution in [0.2, 0.25) is 0 Å². The number of hydrogen-bond donors (Lipinski definition) is 1. The number of alkyl halides is 3. The molecule has 0 aliphatic carbocycles. The normalized spacial score (nSPS) is 19.8. The smallest absolute Gasteiger partial charge is 0.426 e. The third kappa shape index (κ3) is 8.84. The molecule has 1 unspecified atom stereocenters. The van der Waals surface area contributed by atoms with Crippen molar-refractivity contribution in [2.24, 2.45) is 0 Å². The summed E-state index contributed by atoms with van der Waals surface area (Å²) in [4.78, 5) is 17.4. The highest BCUT2D eigenvalue weighted by Gasteiger charge is 2.61. The largest absolute Gasteiger partial charge is 0.472 e. The van der Waals surface area contributed by atoms with Gasteiger partial charge in [0.15, 0.2) is 5.69 Å². The third-order valence-electron chi connectivity index (χ3n) is 7.63. The summed E-state index contributed by atoms with van der Waals surface area (Å²) in [6, 6.07) is 19.5. The maximum absolute atomic E-state index is 15.2. The first-order valence-electron chi connectivity index (χ1n) is 15.8. The summed E-state index contributed by atoms with van der Waals surface area (Å²) in [5.41, 5.74) is -1.96. The van der Waals surface area contributed by atoms with Gasteiger partial charge >= 0.3 is 12.3 Å². The van der Waals surface area contributed by atoms with Gasteiger partial charge in [-0.25, -0.2) is 9.78 Å². The second-order valence-corrected chi connectivity index (χ2v) is 12.7. The lowest BCUT2D eigenvalue weighted by Gasteiger charge is -2.32. The number of rotatable bonds is 7. The van der Waals surface area contributed by atoms with Gasteiger partial charge in [0.1, 0.15) is 11.7 Å². The Bertz CT molecular complexity index is 1740. The fourth-order valence-electron chi connectivity index (χ4n) is 5.08. The topological polar surface area (TPSA) is 118 Å². The summed E-state index contributed by atoms with van der Waals surface area (Å²) in [5, 5.41) is 10.4. The fourth-order valence-corrected chi connectivity index (χ4v) is 5.08. The van der Waals surface area contributed by atoms with Crippen molar-refractivity contribution in [3.8, 4) is 17.5 Å². The van der Waals surface area contributed by atoms with Crippen LogP contribution in [-0.2, 0) is 33.0 Å². The molecule has 1 aliphatic heterocycles. The van der Waals surface area contributed by atoms with Gasteiger partial charge in [0.25, 0.3) is 11.8 Å². The van der Waals surface area contributed by atoms with E-state index in [9.17, 15) is 4.79 Å². The summed E-state index contributed by atoms with van der Waals surface area (Å²) < 4.78 is 75.2. The van der Waals surface area contributed by atoms with Gasteiger partial charge < -0.3 is 23.4 Å². The van der Waals surface area contributed by atoms with Crippen LogP contribution in [-0.4, -0.2) is 45.3 Å². The summed E-state index contributed by atoms with van der Waals surface area (Å²) >= 11 is 0. The molecule has 13 heteroatoms. The number of amides is 1. The number of pyridine rings is 1. The molecule has 260 valence electrons. The number of nitrogens with one attached hydrogen (secondary N) is 1. The number of aryl methyl sites for hydroxylation is 1. The maximum Gasteiger partial charge on any atom is 0.426 e. The lowest BCUT2D eigenvalue weighted by molar-refractivity contribution is -0.295. The Morgan fingerprint density at radius 3 is 2.27 bits per heavy atom. The number of nitrogens with zero attached hydrogens (tertiary/aromatic N) is 3. The predicted molar refractivity (Wildman–Crippen MR) is 175 cm³/mol. The molecule has 10 nitrogen and oxygen atoms in total. The van der Waals surface area contributed by atoms with E-state index in [2.05, 4.69) is 20.5 Å². The van der Waals surface area contributed by atoms with Crippen molar-refractivity contribution < 1.29 is 41.3 Å². The van der Waals surface area contributed by atoms with Crippen LogP contribution < -0.4 is 10.1 Å². The number of anilines is 1. The second-order valence-electron chi connectivity index (χ2n) is 12.7. The quantitative estimate of drug-likeness (QED) is 0.192. The molecule has 5 rings (SSSR count). The van der Waals surface area contributed by atoms with E-state index in [4.69, 9.17) is 23.4 Å². The molecular weight excluding hydrogens is 641 g/mol. The Labute approximate surface area is 282 Å². The average Bonchev–Trinajstić information content (AvgIpc) is 3.52. The third-order valence-corrected chi connectivity index (χ3v) is 7.63. The van der Waals surface area contributed by atoms with E-state index < -0.39 is 60.5 Å². The molecule has 0 spiro atoms. The molecule has 2 aromatic carbocycles. The van der Waals surface area contributed by atoms with E-state index in [0.29, 0.717) is 11.1 Å². The zero-order valence-electron chi connectivity index (χ0n) is 27.9. The van der Waals surface area contributed by atoms with Crippen LogP contribution in [0.25, 0.3) is 11.6 Å². The van der Waals surface area contributed by atoms with Crippen molar-refractivity contribution in [3.05, 3.63) is 101 Å². The molecule has 1 aliphatic rings. The molecule has 3 heterocycles. The first-order chi connectivity index (χ1) is 23.2. The zero-order chi connectivity index (χ0) is 35.2. The minimum absolute atomic E-state index is 0.0635. The van der Waals surface area contributed by atoms with E-state index >= 15 is 13.2 Å². The second kappa shape index (κ2) is 14.8. The van der Waals surface area contributed by atoms with Crippen LogP contribution in [0.4, 0.5) is 23.7 Å². The number of aromatic nitrogens is 3. The molecule has 4 bridgehead atoms. The molecule has 1 N–H and O–H groups in total. The first kappa shape index (κ1) is 35.6. The van der Waals surface area contributed by atoms with Gasteiger partial charge in [-0.15, -0.1) is 10.2 Å². The summed E-state index contributed by atoms with van der Waals surface area (Å²) in [6.07, 6.45) is -4.50. The molecule has 0 fully saturated rings. The molecule has 0 radical (unpaired) electrons. The van der Waals surface area contributed by atoms with Gasteiger partial charge in [0.2, 0.25) is 11.5 Å². The number of hydrogen-bond acceptors (Lipinski definition) is 9. The fraction of sp³-hybridized carbons (Fsp3) is 0.389. The number of fused-ring (bicyclic) bond motifs is 5. The van der Waals surface area contributed by atoms with Crippen molar-refractivity contribution in [1.29, 1.82) is 0 Å². The number of carbonyl (C=O) groups excluding carboxylic acids is 1. The van der Waals surface area contributed by atoms with Gasteiger partial charge in [-0.2, -0.15) is 13.2 Å². The summed E-state index contributed by atoms with van der Waals surface area (Å²) in [5.74, 6) is -1.09. The van der Waals surface area contributed by atoms with Gasteiger partial charge in [0.05, 0.1) is 25.0 Å². The lowest BCUT2D eigenvalue weighted by Crippen LogP contribution is -2.45. The van der Waals surface area contributed by atoms with Gasteiger partial charge in [-0.1, -0.05) is 72.8 Å². The van der Waals surface area contributed by atoms with Gasteiger partial charge in [-0.05, 0) is 58.2 Å². The maximum atomic E-state index is 15.2. The van der Waals surface area contributed by atoms with Crippen LogP contribution in [0.5, 0.6) is 5.88 Å². The first-order valence-corrected chi connectivity index (χ1v) is 15.8. The van der Waals surface area contributed by atoms with E-state index in [-0.39, 0.29) is 30.3 Å². The molecule has 0 saturated carbocycles. The molecule has 1 amide bonds. The predicted octanol–water partition coefficient (Wildman–Crippen LogP) is 8.46. The Morgan fingerprint density at radius 1 is 0.980 bits per heavy atom. The Morgan fingerprint density at radius 2 is 1.63 bits per heavy atom. The highest BCUT2D eigenvalue weighted by atomic mass is 19.4. The van der Waals surface area contributed by atoms with Gasteiger partial charge in [-0.3, -0.25) is 5.32 Å². The number of halogens is 3. The van der Waals surface area contributed by atoms with E-state index in [1.807, 2.05) is 30.3 Å². The molecule has 2 aromatic heterocycles. The van der Waals surface area contributed by atoms with Crippen LogP contribution >= 0.6 is 0 Å².